The first-order valence-electron chi connectivity index (χ1n) is 11.3. The van der Waals surface area contributed by atoms with Crippen molar-refractivity contribution in [1.29, 1.82) is 0 Å². The van der Waals surface area contributed by atoms with E-state index in [2.05, 4.69) is 117 Å². The average Bonchev–Trinajstić information content (AvgIpc) is 3.16. The highest BCUT2D eigenvalue weighted by Crippen LogP contribution is 2.59. The normalized spacial score (nSPS) is 16.6. The summed E-state index contributed by atoms with van der Waals surface area (Å²) in [5, 5.41) is 0. The van der Waals surface area contributed by atoms with Crippen molar-refractivity contribution in [3.8, 4) is 11.1 Å². The Hall–Kier alpha value is -4.10. The Morgan fingerprint density at radius 1 is 0.727 bits per heavy atom. The molecule has 0 spiro atoms. The van der Waals surface area contributed by atoms with Crippen LogP contribution in [0.4, 0.5) is 5.69 Å². The van der Waals surface area contributed by atoms with Gasteiger partial charge in [0, 0.05) is 5.69 Å². The maximum Gasteiger partial charge on any atom is 0.0716 e. The molecular weight excluding hydrogens is 398 g/mol. The molecule has 0 radical (unpaired) electrons. The van der Waals surface area contributed by atoms with Gasteiger partial charge in [0.25, 0.3) is 0 Å². The third kappa shape index (κ3) is 3.16. The molecule has 0 saturated heterocycles. The molecule has 33 heavy (non-hydrogen) atoms. The molecule has 0 unspecified atom stereocenters. The lowest BCUT2D eigenvalue weighted by atomic mass is 9.66. The lowest BCUT2D eigenvalue weighted by molar-refractivity contribution is 0.769. The summed E-state index contributed by atoms with van der Waals surface area (Å²) < 4.78 is 0. The summed E-state index contributed by atoms with van der Waals surface area (Å²) in [5.41, 5.74) is 16.3. The van der Waals surface area contributed by atoms with Crippen LogP contribution in [0.1, 0.15) is 29.2 Å². The van der Waals surface area contributed by atoms with E-state index in [1.807, 2.05) is 18.2 Å². The Morgan fingerprint density at radius 2 is 1.33 bits per heavy atom. The van der Waals surface area contributed by atoms with Gasteiger partial charge in [-0.3, -0.25) is 0 Å². The van der Waals surface area contributed by atoms with Gasteiger partial charge < -0.3 is 5.73 Å². The highest BCUT2D eigenvalue weighted by Gasteiger charge is 2.49. The van der Waals surface area contributed by atoms with E-state index in [9.17, 15) is 0 Å². The van der Waals surface area contributed by atoms with Crippen LogP contribution >= 0.6 is 0 Å². The predicted molar refractivity (Wildman–Crippen MR) is 141 cm³/mol. The van der Waals surface area contributed by atoms with E-state index in [0.717, 1.165) is 11.3 Å². The molecule has 1 aliphatic carbocycles. The van der Waals surface area contributed by atoms with Gasteiger partial charge in [-0.1, -0.05) is 116 Å². The number of hydrogen-bond donors (Lipinski definition) is 1. The van der Waals surface area contributed by atoms with E-state index >= 15 is 0 Å². The van der Waals surface area contributed by atoms with Crippen LogP contribution in [0.15, 0.2) is 134 Å². The van der Waals surface area contributed by atoms with Crippen molar-refractivity contribution in [3.63, 3.8) is 0 Å². The minimum atomic E-state index is -0.456. The molecule has 1 aliphatic rings. The average molecular weight is 426 g/mol. The molecule has 0 aromatic heterocycles. The van der Waals surface area contributed by atoms with Crippen LogP contribution in [0.3, 0.4) is 0 Å². The van der Waals surface area contributed by atoms with Gasteiger partial charge >= 0.3 is 0 Å². The van der Waals surface area contributed by atoms with E-state index < -0.39 is 5.41 Å². The van der Waals surface area contributed by atoms with Gasteiger partial charge in [0.2, 0.25) is 0 Å². The molecule has 0 aliphatic heterocycles. The van der Waals surface area contributed by atoms with Gasteiger partial charge in [-0.05, 0) is 63.6 Å². The van der Waals surface area contributed by atoms with Gasteiger partial charge in [-0.25, -0.2) is 0 Å². The molecule has 0 bridgehead atoms. The molecule has 1 nitrogen and oxygen atoms in total. The van der Waals surface area contributed by atoms with Crippen LogP contribution in [-0.4, -0.2) is 0 Å². The fourth-order valence-electron chi connectivity index (χ4n) is 5.42. The molecule has 0 heterocycles. The van der Waals surface area contributed by atoms with E-state index in [1.54, 1.807) is 0 Å². The maximum absolute atomic E-state index is 6.22. The highest BCUT2D eigenvalue weighted by molar-refractivity contribution is 5.98. The molecular formula is C32H27N. The summed E-state index contributed by atoms with van der Waals surface area (Å²) in [4.78, 5) is 0. The van der Waals surface area contributed by atoms with Crippen LogP contribution in [0, 0.1) is 0 Å². The molecule has 5 rings (SSSR count). The second kappa shape index (κ2) is 8.44. The molecule has 4 aromatic rings. The van der Waals surface area contributed by atoms with Gasteiger partial charge in [0.15, 0.2) is 0 Å². The zero-order valence-corrected chi connectivity index (χ0v) is 18.8. The second-order valence-electron chi connectivity index (χ2n) is 8.35. The number of nitrogen functional groups attached to an aromatic ring is 1. The van der Waals surface area contributed by atoms with Crippen molar-refractivity contribution in [1.82, 2.24) is 0 Å². The third-order valence-corrected chi connectivity index (χ3v) is 6.61. The van der Waals surface area contributed by atoms with Crippen LogP contribution in [0.5, 0.6) is 0 Å². The standard InChI is InChI=1S/C32H27N/c1-3-13-28-29-21-12-20-27(23-14-11-19-26(33)22-23)31(29)32(30(28)4-2,24-15-7-5-8-16-24)25-17-9-6-10-18-25/h3-22H,1,33H2,2H3/b28-13-,30-4+. The molecule has 0 saturated carbocycles. The first-order valence-corrected chi connectivity index (χ1v) is 11.3. The fraction of sp³-hybridized carbons (Fsp3) is 0.0625. The van der Waals surface area contributed by atoms with Crippen LogP contribution < -0.4 is 5.73 Å². The van der Waals surface area contributed by atoms with Crippen molar-refractivity contribution in [3.05, 3.63) is 156 Å². The molecule has 1 heteroatoms. The monoisotopic (exact) mass is 425 g/mol. The minimum Gasteiger partial charge on any atom is -0.399 e. The molecule has 160 valence electrons. The zero-order chi connectivity index (χ0) is 22.8. The van der Waals surface area contributed by atoms with E-state index in [0.29, 0.717) is 0 Å². The van der Waals surface area contributed by atoms with Crippen LogP contribution in [0.25, 0.3) is 16.7 Å². The van der Waals surface area contributed by atoms with Crippen molar-refractivity contribution < 1.29 is 0 Å². The Labute approximate surface area is 196 Å². The Morgan fingerprint density at radius 3 is 1.91 bits per heavy atom. The van der Waals surface area contributed by atoms with Crippen molar-refractivity contribution >= 4 is 11.3 Å². The summed E-state index contributed by atoms with van der Waals surface area (Å²) >= 11 is 0. The first-order chi connectivity index (χ1) is 16.2. The van der Waals surface area contributed by atoms with Crippen LogP contribution in [0.2, 0.25) is 0 Å². The van der Waals surface area contributed by atoms with Crippen molar-refractivity contribution in [2.75, 3.05) is 5.73 Å². The van der Waals surface area contributed by atoms with E-state index in [-0.39, 0.29) is 0 Å². The fourth-order valence-corrected chi connectivity index (χ4v) is 5.42. The summed E-state index contributed by atoms with van der Waals surface area (Å²) in [6, 6.07) is 36.4. The molecule has 2 N–H and O–H groups in total. The lowest BCUT2D eigenvalue weighted by Gasteiger charge is -2.35. The van der Waals surface area contributed by atoms with Crippen molar-refractivity contribution in [2.24, 2.45) is 0 Å². The largest absolute Gasteiger partial charge is 0.399 e. The number of allylic oxidation sites excluding steroid dienone is 5. The summed E-state index contributed by atoms with van der Waals surface area (Å²) in [7, 11) is 0. The number of benzene rings is 4. The minimum absolute atomic E-state index is 0.456. The smallest absolute Gasteiger partial charge is 0.0716 e. The van der Waals surface area contributed by atoms with Crippen molar-refractivity contribution in [2.45, 2.75) is 12.3 Å². The van der Waals surface area contributed by atoms with Gasteiger partial charge in [0.1, 0.15) is 0 Å². The predicted octanol–water partition coefficient (Wildman–Crippen LogP) is 7.80. The number of rotatable bonds is 4. The maximum atomic E-state index is 6.22. The van der Waals surface area contributed by atoms with E-state index in [4.69, 9.17) is 5.73 Å². The number of anilines is 1. The topological polar surface area (TPSA) is 26.0 Å². The Balaban J connectivity index is 2.00. The molecule has 0 atom stereocenters. The SMILES string of the molecule is C=C/C=C1\C(=C/C)C(c2ccccc2)(c2ccccc2)c2c1cccc2-c1cccc(N)c1. The third-order valence-electron chi connectivity index (χ3n) is 6.61. The first kappa shape index (κ1) is 20.8. The Kier molecular flexibility index (Phi) is 5.32. The van der Waals surface area contributed by atoms with E-state index in [1.165, 1.54) is 39.0 Å². The van der Waals surface area contributed by atoms with Gasteiger partial charge in [-0.15, -0.1) is 0 Å². The molecule has 4 aromatic carbocycles. The highest BCUT2D eigenvalue weighted by atomic mass is 14.5. The molecule has 0 fully saturated rings. The summed E-state index contributed by atoms with van der Waals surface area (Å²) in [6.45, 7) is 6.17. The Bertz CT molecular complexity index is 1340. The van der Waals surface area contributed by atoms with Gasteiger partial charge in [-0.2, -0.15) is 0 Å². The molecule has 0 amide bonds. The number of hydrogen-bond acceptors (Lipinski definition) is 1. The number of fused-ring (bicyclic) bond motifs is 1. The second-order valence-corrected chi connectivity index (χ2v) is 8.35. The summed E-state index contributed by atoms with van der Waals surface area (Å²) in [5.74, 6) is 0. The lowest BCUT2D eigenvalue weighted by Crippen LogP contribution is -2.29. The van der Waals surface area contributed by atoms with Gasteiger partial charge in [0.05, 0.1) is 5.41 Å². The number of nitrogens with two attached hydrogens (primary N) is 1. The quantitative estimate of drug-likeness (QED) is 0.332. The van der Waals surface area contributed by atoms with Crippen LogP contribution in [-0.2, 0) is 5.41 Å². The summed E-state index contributed by atoms with van der Waals surface area (Å²) in [6.07, 6.45) is 6.30. The zero-order valence-electron chi connectivity index (χ0n) is 18.8.